The highest BCUT2D eigenvalue weighted by atomic mass is 16.6. The smallest absolute Gasteiger partial charge is 0.330 e. The van der Waals surface area contributed by atoms with Crippen molar-refractivity contribution in [2.24, 2.45) is 11.0 Å². The number of H-pyrrole nitrogens is 1. The summed E-state index contributed by atoms with van der Waals surface area (Å²) in [4.78, 5) is 39.7. The second-order valence-corrected chi connectivity index (χ2v) is 5.70. The molecular formula is C14H19N5O5. The van der Waals surface area contributed by atoms with Gasteiger partial charge < -0.3 is 9.47 Å². The van der Waals surface area contributed by atoms with Crippen molar-refractivity contribution in [2.45, 2.75) is 45.1 Å². The van der Waals surface area contributed by atoms with Gasteiger partial charge in [-0.1, -0.05) is 19.0 Å². The van der Waals surface area contributed by atoms with E-state index in [0.29, 0.717) is 6.42 Å². The third-order valence-electron chi connectivity index (χ3n) is 4.39. The van der Waals surface area contributed by atoms with E-state index in [2.05, 4.69) is 15.0 Å². The molecule has 1 unspecified atom stereocenters. The minimum Gasteiger partial charge on any atom is -0.457 e. The van der Waals surface area contributed by atoms with Crippen LogP contribution in [0.4, 0.5) is 0 Å². The third kappa shape index (κ3) is 3.19. The molecule has 0 aromatic carbocycles. The van der Waals surface area contributed by atoms with Gasteiger partial charge in [0.25, 0.3) is 5.56 Å². The Morgan fingerprint density at radius 1 is 1.58 bits per heavy atom. The number of carbonyl (C=O) groups excluding carboxylic acids is 1. The van der Waals surface area contributed by atoms with Crippen LogP contribution in [0.1, 0.15) is 33.4 Å². The number of carbonyl (C=O) groups is 1. The highest BCUT2D eigenvalue weighted by Crippen LogP contribution is 2.44. The van der Waals surface area contributed by atoms with E-state index in [1.807, 2.05) is 6.92 Å². The number of azide groups is 1. The molecule has 24 heavy (non-hydrogen) atoms. The van der Waals surface area contributed by atoms with Gasteiger partial charge >= 0.3 is 11.7 Å². The number of esters is 1. The summed E-state index contributed by atoms with van der Waals surface area (Å²) in [7, 11) is 0. The lowest BCUT2D eigenvalue weighted by molar-refractivity contribution is -0.154. The Kier molecular flexibility index (Phi) is 5.10. The summed E-state index contributed by atoms with van der Waals surface area (Å²) in [6.45, 7) is 4.96. The number of ether oxygens (including phenoxy) is 2. The van der Waals surface area contributed by atoms with Gasteiger partial charge in [-0.25, -0.2) is 4.79 Å². The zero-order valence-corrected chi connectivity index (χ0v) is 13.6. The zero-order chi connectivity index (χ0) is 17.9. The molecule has 1 aromatic heterocycles. The number of nitrogens with one attached hydrogen (secondary N) is 1. The van der Waals surface area contributed by atoms with Gasteiger partial charge in [-0.05, 0) is 12.0 Å². The van der Waals surface area contributed by atoms with Crippen LogP contribution >= 0.6 is 0 Å². The molecule has 2 rings (SSSR count). The first-order chi connectivity index (χ1) is 11.3. The van der Waals surface area contributed by atoms with E-state index >= 15 is 0 Å². The van der Waals surface area contributed by atoms with Gasteiger partial charge in [0, 0.05) is 30.0 Å². The van der Waals surface area contributed by atoms with Crippen molar-refractivity contribution in [1.29, 1.82) is 0 Å². The first kappa shape index (κ1) is 17.8. The molecule has 0 amide bonds. The standard InChI is InChI=1S/C14H19N5O5/c1-4-14(7-16-18-15)8(2)11(23-9(3)20)12(24-14)19-6-5-10(21)17-13(19)22/h5-6,8,11-12H,4,7H2,1-3H3,(H,17,21,22)/t8-,11?,12-,14+/m1/s1. The van der Waals surface area contributed by atoms with Gasteiger partial charge in [-0.2, -0.15) is 0 Å². The molecule has 10 nitrogen and oxygen atoms in total. The number of aromatic amines is 1. The Labute approximate surface area is 137 Å². The topological polar surface area (TPSA) is 139 Å². The molecule has 0 spiro atoms. The van der Waals surface area contributed by atoms with Crippen LogP contribution in [-0.4, -0.2) is 33.8 Å². The maximum atomic E-state index is 12.1. The molecule has 1 aliphatic heterocycles. The van der Waals surface area contributed by atoms with Gasteiger partial charge in [0.1, 0.15) is 0 Å². The Morgan fingerprint density at radius 2 is 2.29 bits per heavy atom. The summed E-state index contributed by atoms with van der Waals surface area (Å²) in [5, 5.41) is 3.60. The molecule has 1 saturated heterocycles. The molecule has 0 bridgehead atoms. The van der Waals surface area contributed by atoms with E-state index < -0.39 is 35.2 Å². The van der Waals surface area contributed by atoms with Crippen LogP contribution in [-0.2, 0) is 14.3 Å². The van der Waals surface area contributed by atoms with E-state index in [0.717, 1.165) is 0 Å². The monoisotopic (exact) mass is 337 g/mol. The first-order valence-corrected chi connectivity index (χ1v) is 7.52. The highest BCUT2D eigenvalue weighted by molar-refractivity contribution is 5.66. The zero-order valence-electron chi connectivity index (χ0n) is 13.6. The van der Waals surface area contributed by atoms with E-state index in [-0.39, 0.29) is 12.5 Å². The Balaban J connectivity index is 2.50. The molecular weight excluding hydrogens is 318 g/mol. The molecule has 2 heterocycles. The van der Waals surface area contributed by atoms with Gasteiger partial charge in [0.2, 0.25) is 0 Å². The molecule has 1 N–H and O–H groups in total. The number of hydrogen-bond donors (Lipinski definition) is 1. The molecule has 130 valence electrons. The van der Waals surface area contributed by atoms with Crippen LogP contribution in [0, 0.1) is 5.92 Å². The van der Waals surface area contributed by atoms with Crippen LogP contribution in [0.25, 0.3) is 10.4 Å². The average Bonchev–Trinajstić information content (AvgIpc) is 2.79. The van der Waals surface area contributed by atoms with E-state index in [9.17, 15) is 14.4 Å². The summed E-state index contributed by atoms with van der Waals surface area (Å²) in [5.74, 6) is -0.852. The predicted molar refractivity (Wildman–Crippen MR) is 83.2 cm³/mol. The van der Waals surface area contributed by atoms with Crippen molar-refractivity contribution in [3.63, 3.8) is 0 Å². The number of aromatic nitrogens is 2. The van der Waals surface area contributed by atoms with Gasteiger partial charge in [-0.3, -0.25) is 19.1 Å². The summed E-state index contributed by atoms with van der Waals surface area (Å²) in [6, 6.07) is 1.18. The predicted octanol–water partition coefficient (Wildman–Crippen LogP) is 1.09. The quantitative estimate of drug-likeness (QED) is 0.371. The first-order valence-electron chi connectivity index (χ1n) is 7.52. The molecule has 0 aliphatic carbocycles. The maximum Gasteiger partial charge on any atom is 0.330 e. The number of nitrogens with zero attached hydrogens (tertiary/aromatic N) is 4. The molecule has 0 saturated carbocycles. The SMILES string of the molecule is CC[C@@]1(CN=[N+]=[N-])O[C@@H](n2ccc(=O)[nH]c2=O)C(OC(C)=O)[C@H]1C. The fraction of sp³-hybridized carbons (Fsp3) is 0.643. The van der Waals surface area contributed by atoms with Crippen molar-refractivity contribution in [1.82, 2.24) is 9.55 Å². The van der Waals surface area contributed by atoms with Gasteiger partial charge in [0.15, 0.2) is 12.3 Å². The van der Waals surface area contributed by atoms with Crippen LogP contribution in [0.3, 0.4) is 0 Å². The second-order valence-electron chi connectivity index (χ2n) is 5.70. The van der Waals surface area contributed by atoms with Crippen molar-refractivity contribution in [2.75, 3.05) is 6.54 Å². The van der Waals surface area contributed by atoms with Crippen LogP contribution in [0.2, 0.25) is 0 Å². The van der Waals surface area contributed by atoms with Gasteiger partial charge in [-0.15, -0.1) is 0 Å². The number of rotatable bonds is 5. The van der Waals surface area contributed by atoms with Crippen molar-refractivity contribution in [3.05, 3.63) is 43.5 Å². The van der Waals surface area contributed by atoms with Crippen LogP contribution in [0.5, 0.6) is 0 Å². The maximum absolute atomic E-state index is 12.1. The van der Waals surface area contributed by atoms with Crippen molar-refractivity contribution in [3.8, 4) is 0 Å². The molecule has 0 radical (unpaired) electrons. The molecule has 1 fully saturated rings. The molecule has 10 heteroatoms. The Bertz CT molecular complexity index is 780. The van der Waals surface area contributed by atoms with E-state index in [1.165, 1.54) is 23.8 Å². The van der Waals surface area contributed by atoms with Crippen molar-refractivity contribution >= 4 is 5.97 Å². The highest BCUT2D eigenvalue weighted by Gasteiger charge is 2.54. The normalized spacial score (nSPS) is 29.0. The lowest BCUT2D eigenvalue weighted by atomic mass is 9.85. The van der Waals surface area contributed by atoms with Crippen LogP contribution in [0.15, 0.2) is 27.0 Å². The largest absolute Gasteiger partial charge is 0.457 e. The van der Waals surface area contributed by atoms with E-state index in [4.69, 9.17) is 15.0 Å². The van der Waals surface area contributed by atoms with Gasteiger partial charge in [0.05, 0.1) is 12.1 Å². The summed E-state index contributed by atoms with van der Waals surface area (Å²) < 4.78 is 12.6. The second kappa shape index (κ2) is 6.90. The number of hydrogen-bond acceptors (Lipinski definition) is 6. The lowest BCUT2D eigenvalue weighted by Crippen LogP contribution is -2.40. The lowest BCUT2D eigenvalue weighted by Gasteiger charge is -2.30. The minimum atomic E-state index is -0.929. The summed E-state index contributed by atoms with van der Waals surface area (Å²) in [5.41, 5.74) is 6.52. The molecule has 1 aliphatic rings. The molecule has 4 atom stereocenters. The summed E-state index contributed by atoms with van der Waals surface area (Å²) >= 11 is 0. The Morgan fingerprint density at radius 3 is 2.83 bits per heavy atom. The summed E-state index contributed by atoms with van der Waals surface area (Å²) in [6.07, 6.45) is 0.0792. The molecule has 1 aromatic rings. The minimum absolute atomic E-state index is 0.0353. The fourth-order valence-electron chi connectivity index (χ4n) is 3.01. The Hall–Kier alpha value is -2.58. The van der Waals surface area contributed by atoms with E-state index in [1.54, 1.807) is 6.92 Å². The van der Waals surface area contributed by atoms with Crippen molar-refractivity contribution < 1.29 is 14.3 Å². The third-order valence-corrected chi connectivity index (χ3v) is 4.39. The fourth-order valence-corrected chi connectivity index (χ4v) is 3.01. The average molecular weight is 337 g/mol. The van der Waals surface area contributed by atoms with Crippen LogP contribution < -0.4 is 11.2 Å².